The topological polar surface area (TPSA) is 221 Å². The van der Waals surface area contributed by atoms with Crippen molar-refractivity contribution in [3.8, 4) is 11.1 Å². The number of hydrogen-bond donors (Lipinski definition) is 3. The molecule has 5 aliphatic rings. The molecule has 0 unspecified atom stereocenters. The smallest absolute Gasteiger partial charge is 0.408 e. The Morgan fingerprint density at radius 3 is 1.69 bits per heavy atom. The number of nitrogens with one attached hydrogen (secondary N) is 1. The van der Waals surface area contributed by atoms with Crippen molar-refractivity contribution in [1.82, 2.24) is 5.32 Å². The van der Waals surface area contributed by atoms with Gasteiger partial charge in [0, 0.05) is 37.0 Å². The molecule has 8 atom stereocenters. The zero-order chi connectivity index (χ0) is 45.0. The van der Waals surface area contributed by atoms with Gasteiger partial charge in [0.15, 0.2) is 18.6 Å². The van der Waals surface area contributed by atoms with Gasteiger partial charge >= 0.3 is 23.5 Å². The highest BCUT2D eigenvalue weighted by Gasteiger charge is 2.45. The van der Waals surface area contributed by atoms with Gasteiger partial charge in [-0.15, -0.1) is 0 Å². The van der Waals surface area contributed by atoms with Crippen LogP contribution in [0.5, 0.6) is 0 Å². The summed E-state index contributed by atoms with van der Waals surface area (Å²) in [5, 5.41) is 33.4. The number of rotatable bonds is 12. The number of alkyl carbamates (subject to hydrolysis) is 1. The number of amides is 1. The molecular weight excluding hydrogens is 864 g/mol. The third kappa shape index (κ3) is 12.8. The van der Waals surface area contributed by atoms with Crippen LogP contribution in [0.4, 0.5) is 9.59 Å². The molecule has 4 aromatic carbocycles. The zero-order valence-corrected chi connectivity index (χ0v) is 35.3. The number of halogens is 1. The maximum absolute atomic E-state index is 12.3. The van der Waals surface area contributed by atoms with Gasteiger partial charge in [0.2, 0.25) is 0 Å². The standard InChI is InChI=1S/C24H21NO4.C16H19NO6.C7H9ClO4.CH4/c26-23(27)22(14-16-8-2-1-3-9-16)25-24(28)29-15-21-19-12-6-4-10-17(19)18-11-5-7-13-20(18)21;18-14(19)12(8-10-4-2-1-3-5-10)17-16(20)23-13-9-22-15-11(13)6-7-21-15;8-7(9)12-5-3-11-6-4(5)1-2-10-6;/h1-13,21-22H,14-15H2,(H,25,28)(H,26,27);1-5,11-13,15H,6-9H2,(H,17,20)(H,18,19);4-6H,1-3H2;1H4/p-1/t22-;11-,12-,13-,15+;4-,5-,6+;/m000./s1. The number of nitrogens with zero attached hydrogens (tertiary/aromatic N) is 1. The van der Waals surface area contributed by atoms with E-state index < -0.39 is 47.7 Å². The van der Waals surface area contributed by atoms with Crippen molar-refractivity contribution in [2.75, 3.05) is 33.0 Å². The third-order valence-corrected chi connectivity index (χ3v) is 11.6. The predicted molar refractivity (Wildman–Crippen MR) is 234 cm³/mol. The summed E-state index contributed by atoms with van der Waals surface area (Å²) in [5.74, 6) is -2.14. The van der Waals surface area contributed by atoms with E-state index >= 15 is 0 Å². The van der Waals surface area contributed by atoms with Gasteiger partial charge in [-0.05, 0) is 46.2 Å². The van der Waals surface area contributed by atoms with Crippen molar-refractivity contribution in [2.45, 2.75) is 75.9 Å². The second-order valence-electron chi connectivity index (χ2n) is 15.6. The number of hydrogen-bond acceptors (Lipinski definition) is 13. The van der Waals surface area contributed by atoms with Crippen molar-refractivity contribution >= 4 is 41.1 Å². The van der Waals surface area contributed by atoms with Gasteiger partial charge in [-0.3, -0.25) is 4.99 Å². The van der Waals surface area contributed by atoms with Crippen LogP contribution < -0.4 is 10.4 Å². The molecule has 346 valence electrons. The normalized spacial score (nSPS) is 23.2. The molecule has 65 heavy (non-hydrogen) atoms. The molecule has 9 rings (SSSR count). The number of benzene rings is 4. The molecule has 0 aromatic heterocycles. The molecule has 0 radical (unpaired) electrons. The van der Waals surface area contributed by atoms with Crippen LogP contribution in [-0.2, 0) is 55.6 Å². The van der Waals surface area contributed by atoms with Gasteiger partial charge in [0.05, 0.1) is 38.3 Å². The van der Waals surface area contributed by atoms with Crippen LogP contribution in [0.15, 0.2) is 114 Å². The number of carbonyl (C=O) groups is 4. The molecule has 4 aromatic rings. The minimum atomic E-state index is -1.17. The summed E-state index contributed by atoms with van der Waals surface area (Å²) in [5.41, 5.74) is 5.32. The van der Waals surface area contributed by atoms with Crippen LogP contribution in [0, 0.1) is 11.8 Å². The largest absolute Gasteiger partial charge is 0.599 e. The molecule has 1 amide bonds. The summed E-state index contributed by atoms with van der Waals surface area (Å²) in [6.45, 7) is 2.05. The summed E-state index contributed by atoms with van der Waals surface area (Å²) in [6.07, 6.45) is -0.726. The van der Waals surface area contributed by atoms with Crippen molar-refractivity contribution in [3.05, 3.63) is 131 Å². The molecule has 0 saturated carbocycles. The highest BCUT2D eigenvalue weighted by atomic mass is 35.5. The number of carboxylic acid groups (broad SMARTS) is 2. The molecular formula is C48H52ClN2O14-. The van der Waals surface area contributed by atoms with Gasteiger partial charge in [-0.25, -0.2) is 19.2 Å². The Morgan fingerprint density at radius 2 is 1.18 bits per heavy atom. The van der Waals surface area contributed by atoms with E-state index in [4.69, 9.17) is 44.8 Å². The molecule has 0 spiro atoms. The van der Waals surface area contributed by atoms with E-state index in [2.05, 4.69) is 22.4 Å². The van der Waals surface area contributed by atoms with Crippen molar-refractivity contribution < 1.29 is 67.7 Å². The monoisotopic (exact) mass is 915 g/mol. The Hall–Kier alpha value is -6.04. The molecule has 4 heterocycles. The highest BCUT2D eigenvalue weighted by molar-refractivity contribution is 6.61. The molecule has 3 N–H and O–H groups in total. The Bertz CT molecular complexity index is 2200. The fourth-order valence-electron chi connectivity index (χ4n) is 8.36. The van der Waals surface area contributed by atoms with E-state index in [1.807, 2.05) is 97.1 Å². The summed E-state index contributed by atoms with van der Waals surface area (Å²) >= 11 is 5.09. The minimum absolute atomic E-state index is 0. The SMILES string of the molecule is C.O=C(Cl)O[C@H]1CO[C@H]2OCC[C@H]21.O=C(N[C@@H](Cc1ccccc1)C(=O)O)O[C@H]1CO[C@H]2OCC[C@H]21.O=C(O)[C@H](Cc1ccccc1)N=C([O-])OCC1c2ccccc2-c2ccccc21. The van der Waals surface area contributed by atoms with Gasteiger partial charge in [0.1, 0.15) is 24.3 Å². The summed E-state index contributed by atoms with van der Waals surface area (Å²) in [6, 6.07) is 32.1. The van der Waals surface area contributed by atoms with E-state index in [-0.39, 0.29) is 69.9 Å². The average molecular weight is 916 g/mol. The molecule has 16 nitrogen and oxygen atoms in total. The lowest BCUT2D eigenvalue weighted by Gasteiger charge is -2.22. The highest BCUT2D eigenvalue weighted by Crippen LogP contribution is 2.44. The first-order valence-corrected chi connectivity index (χ1v) is 21.3. The Kier molecular flexibility index (Phi) is 17.3. The van der Waals surface area contributed by atoms with Gasteiger partial charge in [0.25, 0.3) is 0 Å². The van der Waals surface area contributed by atoms with Gasteiger partial charge < -0.3 is 53.8 Å². The van der Waals surface area contributed by atoms with Crippen LogP contribution in [0.3, 0.4) is 0 Å². The number of aliphatic imine (C=N–C) groups is 1. The predicted octanol–water partition coefficient (Wildman–Crippen LogP) is 6.16. The van der Waals surface area contributed by atoms with Crippen LogP contribution in [-0.4, -0.2) is 110 Å². The Morgan fingerprint density at radius 1 is 0.692 bits per heavy atom. The van der Waals surface area contributed by atoms with Crippen LogP contribution in [0.1, 0.15) is 48.4 Å². The summed E-state index contributed by atoms with van der Waals surface area (Å²) in [7, 11) is 0. The lowest BCUT2D eigenvalue weighted by Crippen LogP contribution is -2.44. The van der Waals surface area contributed by atoms with Crippen molar-refractivity contribution in [2.24, 2.45) is 16.8 Å². The maximum atomic E-state index is 12.3. The Balaban J connectivity index is 0.000000173. The fourth-order valence-corrected chi connectivity index (χ4v) is 8.48. The minimum Gasteiger partial charge on any atom is -0.599 e. The number of fused-ring (bicyclic) bond motifs is 5. The molecule has 1 aliphatic carbocycles. The van der Waals surface area contributed by atoms with E-state index in [0.29, 0.717) is 19.8 Å². The number of carbonyl (C=O) groups excluding carboxylic acids is 2. The average Bonchev–Trinajstić information content (AvgIpc) is 4.14. The second-order valence-corrected chi connectivity index (χ2v) is 15.9. The van der Waals surface area contributed by atoms with Crippen LogP contribution in [0.2, 0.25) is 0 Å². The van der Waals surface area contributed by atoms with Gasteiger partial charge in [-0.1, -0.05) is 117 Å². The maximum Gasteiger partial charge on any atom is 0.408 e. The number of carboxylic acids is 2. The molecule has 4 fully saturated rings. The van der Waals surface area contributed by atoms with E-state index in [1.54, 1.807) is 0 Å². The lowest BCUT2D eigenvalue weighted by molar-refractivity contribution is -0.251. The van der Waals surface area contributed by atoms with Crippen LogP contribution in [0.25, 0.3) is 11.1 Å². The lowest BCUT2D eigenvalue weighted by atomic mass is 9.98. The van der Waals surface area contributed by atoms with Crippen molar-refractivity contribution in [1.29, 1.82) is 0 Å². The first-order chi connectivity index (χ1) is 31.0. The van der Waals surface area contributed by atoms with Crippen molar-refractivity contribution in [3.63, 3.8) is 0 Å². The molecule has 4 aliphatic heterocycles. The fraction of sp³-hybridized carbons (Fsp3) is 0.396. The summed E-state index contributed by atoms with van der Waals surface area (Å²) in [4.78, 5) is 49.1. The first kappa shape index (κ1) is 48.4. The quantitative estimate of drug-likeness (QED) is 0.0824. The van der Waals surface area contributed by atoms with E-state index in [1.165, 1.54) is 0 Å². The van der Waals surface area contributed by atoms with E-state index in [9.17, 15) is 34.5 Å². The third-order valence-electron chi connectivity index (χ3n) is 11.5. The Labute approximate surface area is 381 Å². The zero-order valence-electron chi connectivity index (χ0n) is 34.6. The first-order valence-electron chi connectivity index (χ1n) is 20.9. The second kappa shape index (κ2) is 23.2. The van der Waals surface area contributed by atoms with Crippen LogP contribution >= 0.6 is 11.6 Å². The number of aliphatic carboxylic acids is 2. The molecule has 17 heteroatoms. The molecule has 4 saturated heterocycles. The molecule has 0 bridgehead atoms. The number of ether oxygens (including phenoxy) is 7. The van der Waals surface area contributed by atoms with Gasteiger partial charge in [-0.2, -0.15) is 0 Å². The van der Waals surface area contributed by atoms with E-state index in [0.717, 1.165) is 46.2 Å². The summed E-state index contributed by atoms with van der Waals surface area (Å²) < 4.78 is 36.8.